The van der Waals surface area contributed by atoms with Crippen LogP contribution in [0.4, 0.5) is 10.5 Å². The molecular formula is C10H11NO2. The minimum atomic E-state index is -0.864. The number of benzene rings is 1. The summed E-state index contributed by atoms with van der Waals surface area (Å²) in [6.07, 6.45) is -0.864. The van der Waals surface area contributed by atoms with Gasteiger partial charge in [-0.1, -0.05) is 25.1 Å². The average Bonchev–Trinajstić information content (AvgIpc) is 2.45. The second-order valence-electron chi connectivity index (χ2n) is 3.35. The molecule has 0 spiro atoms. The number of hydrogen-bond acceptors (Lipinski definition) is 1. The van der Waals surface area contributed by atoms with E-state index < -0.39 is 6.09 Å². The second kappa shape index (κ2) is 2.76. The minimum Gasteiger partial charge on any atom is -0.465 e. The van der Waals surface area contributed by atoms with Crippen molar-refractivity contribution in [2.75, 3.05) is 11.4 Å². The third-order valence-electron chi connectivity index (χ3n) is 2.45. The number of para-hydroxylation sites is 1. The number of hydrogen-bond donors (Lipinski definition) is 1. The van der Waals surface area contributed by atoms with E-state index in [9.17, 15) is 4.79 Å². The Morgan fingerprint density at radius 3 is 2.92 bits per heavy atom. The van der Waals surface area contributed by atoms with Crippen LogP contribution < -0.4 is 4.90 Å². The largest absolute Gasteiger partial charge is 0.465 e. The molecule has 0 fully saturated rings. The van der Waals surface area contributed by atoms with Crippen molar-refractivity contribution < 1.29 is 9.90 Å². The van der Waals surface area contributed by atoms with Crippen molar-refractivity contribution in [1.29, 1.82) is 0 Å². The molecule has 1 aromatic rings. The Labute approximate surface area is 76.6 Å². The van der Waals surface area contributed by atoms with Gasteiger partial charge in [0.2, 0.25) is 0 Å². The second-order valence-corrected chi connectivity index (χ2v) is 3.35. The molecule has 3 heteroatoms. The fraction of sp³-hybridized carbons (Fsp3) is 0.300. The molecule has 3 nitrogen and oxygen atoms in total. The highest BCUT2D eigenvalue weighted by Gasteiger charge is 2.28. The lowest BCUT2D eigenvalue weighted by molar-refractivity contribution is 0.202. The van der Waals surface area contributed by atoms with Crippen molar-refractivity contribution in [3.8, 4) is 0 Å². The summed E-state index contributed by atoms with van der Waals surface area (Å²) in [6.45, 7) is 2.62. The maximum Gasteiger partial charge on any atom is 0.411 e. The topological polar surface area (TPSA) is 40.5 Å². The zero-order chi connectivity index (χ0) is 9.42. The molecule has 0 saturated carbocycles. The first-order valence-corrected chi connectivity index (χ1v) is 4.29. The van der Waals surface area contributed by atoms with Crippen LogP contribution in [0.3, 0.4) is 0 Å². The smallest absolute Gasteiger partial charge is 0.411 e. The highest BCUT2D eigenvalue weighted by Crippen LogP contribution is 2.35. The SMILES string of the molecule is CC1CN(C(=O)O)c2ccccc21. The van der Waals surface area contributed by atoms with Gasteiger partial charge in [0, 0.05) is 12.5 Å². The van der Waals surface area contributed by atoms with Gasteiger partial charge >= 0.3 is 6.09 Å². The lowest BCUT2D eigenvalue weighted by Gasteiger charge is -2.11. The first-order valence-electron chi connectivity index (χ1n) is 4.29. The van der Waals surface area contributed by atoms with Crippen LogP contribution in [0.5, 0.6) is 0 Å². The highest BCUT2D eigenvalue weighted by atomic mass is 16.4. The van der Waals surface area contributed by atoms with Crippen LogP contribution in [0.15, 0.2) is 24.3 Å². The van der Waals surface area contributed by atoms with Crippen LogP contribution in [-0.2, 0) is 0 Å². The van der Waals surface area contributed by atoms with Gasteiger partial charge in [-0.15, -0.1) is 0 Å². The Morgan fingerprint density at radius 1 is 1.54 bits per heavy atom. The fourth-order valence-corrected chi connectivity index (χ4v) is 1.80. The molecule has 68 valence electrons. The van der Waals surface area contributed by atoms with E-state index in [1.165, 1.54) is 4.90 Å². The summed E-state index contributed by atoms with van der Waals surface area (Å²) in [4.78, 5) is 12.2. The van der Waals surface area contributed by atoms with Crippen LogP contribution in [0.1, 0.15) is 18.4 Å². The summed E-state index contributed by atoms with van der Waals surface area (Å²) in [5, 5.41) is 8.90. The van der Waals surface area contributed by atoms with Crippen molar-refractivity contribution in [2.24, 2.45) is 0 Å². The Kier molecular flexibility index (Phi) is 1.72. The maximum atomic E-state index is 10.8. The molecule has 0 bridgehead atoms. The van der Waals surface area contributed by atoms with E-state index in [1.807, 2.05) is 31.2 Å². The predicted octanol–water partition coefficient (Wildman–Crippen LogP) is 2.29. The molecular weight excluding hydrogens is 166 g/mol. The van der Waals surface area contributed by atoms with Gasteiger partial charge in [0.05, 0.1) is 5.69 Å². The molecule has 0 aromatic heterocycles. The summed E-state index contributed by atoms with van der Waals surface area (Å²) in [5.74, 6) is 0.312. The summed E-state index contributed by atoms with van der Waals surface area (Å²) >= 11 is 0. The number of carbonyl (C=O) groups is 1. The summed E-state index contributed by atoms with van der Waals surface area (Å²) < 4.78 is 0. The van der Waals surface area contributed by atoms with Gasteiger partial charge in [-0.3, -0.25) is 4.90 Å². The molecule has 1 amide bonds. The Hall–Kier alpha value is -1.51. The van der Waals surface area contributed by atoms with Crippen molar-refractivity contribution in [3.05, 3.63) is 29.8 Å². The Morgan fingerprint density at radius 2 is 2.23 bits per heavy atom. The van der Waals surface area contributed by atoms with Crippen LogP contribution in [0.2, 0.25) is 0 Å². The van der Waals surface area contributed by atoms with Gasteiger partial charge in [0.25, 0.3) is 0 Å². The van der Waals surface area contributed by atoms with Crippen molar-refractivity contribution >= 4 is 11.8 Å². The normalized spacial score (nSPS) is 20.1. The number of fused-ring (bicyclic) bond motifs is 1. The molecule has 0 aliphatic carbocycles. The molecule has 1 aliphatic heterocycles. The number of anilines is 1. The van der Waals surface area contributed by atoms with Crippen molar-refractivity contribution in [3.63, 3.8) is 0 Å². The van der Waals surface area contributed by atoms with Gasteiger partial charge in [0.15, 0.2) is 0 Å². The lowest BCUT2D eigenvalue weighted by Crippen LogP contribution is -2.27. The quantitative estimate of drug-likeness (QED) is 0.660. The van der Waals surface area contributed by atoms with E-state index in [0.29, 0.717) is 12.5 Å². The van der Waals surface area contributed by atoms with E-state index in [1.54, 1.807) is 0 Å². The van der Waals surface area contributed by atoms with Gasteiger partial charge in [-0.25, -0.2) is 4.79 Å². The first kappa shape index (κ1) is 8.10. The van der Waals surface area contributed by atoms with Crippen LogP contribution >= 0.6 is 0 Å². The maximum absolute atomic E-state index is 10.8. The number of amides is 1. The van der Waals surface area contributed by atoms with Gasteiger partial charge in [-0.05, 0) is 11.6 Å². The highest BCUT2D eigenvalue weighted by molar-refractivity contribution is 5.89. The van der Waals surface area contributed by atoms with Crippen molar-refractivity contribution in [2.45, 2.75) is 12.8 Å². The number of rotatable bonds is 0. The molecule has 13 heavy (non-hydrogen) atoms. The molecule has 1 heterocycles. The standard InChI is InChI=1S/C10H11NO2/c1-7-6-11(10(12)13)9-5-3-2-4-8(7)9/h2-5,7H,6H2,1H3,(H,12,13). The molecule has 0 saturated heterocycles. The Bertz CT molecular complexity index is 349. The van der Waals surface area contributed by atoms with E-state index in [2.05, 4.69) is 0 Å². The average molecular weight is 177 g/mol. The van der Waals surface area contributed by atoms with Crippen molar-refractivity contribution in [1.82, 2.24) is 0 Å². The monoisotopic (exact) mass is 177 g/mol. The first-order chi connectivity index (χ1) is 6.20. The van der Waals surface area contributed by atoms with E-state index in [0.717, 1.165) is 11.3 Å². The third kappa shape index (κ3) is 1.16. The lowest BCUT2D eigenvalue weighted by atomic mass is 10.0. The van der Waals surface area contributed by atoms with Gasteiger partial charge < -0.3 is 5.11 Å². The molecule has 1 atom stereocenters. The van der Waals surface area contributed by atoms with E-state index in [4.69, 9.17) is 5.11 Å². The summed E-state index contributed by atoms with van der Waals surface area (Å²) in [6, 6.07) is 7.66. The number of carboxylic acid groups (broad SMARTS) is 1. The Balaban J connectivity index is 2.47. The molecule has 1 N–H and O–H groups in total. The summed E-state index contributed by atoms with van der Waals surface area (Å²) in [5.41, 5.74) is 1.97. The van der Waals surface area contributed by atoms with Crippen LogP contribution in [0, 0.1) is 0 Å². The third-order valence-corrected chi connectivity index (χ3v) is 2.45. The fourth-order valence-electron chi connectivity index (χ4n) is 1.80. The van der Waals surface area contributed by atoms with E-state index in [-0.39, 0.29) is 0 Å². The van der Waals surface area contributed by atoms with Gasteiger partial charge in [-0.2, -0.15) is 0 Å². The number of nitrogens with zero attached hydrogens (tertiary/aromatic N) is 1. The van der Waals surface area contributed by atoms with Crippen LogP contribution in [-0.4, -0.2) is 17.7 Å². The minimum absolute atomic E-state index is 0.312. The summed E-state index contributed by atoms with van der Waals surface area (Å²) in [7, 11) is 0. The zero-order valence-corrected chi connectivity index (χ0v) is 7.40. The zero-order valence-electron chi connectivity index (χ0n) is 7.40. The molecule has 0 radical (unpaired) electrons. The molecule has 2 rings (SSSR count). The predicted molar refractivity (Wildman–Crippen MR) is 50.2 cm³/mol. The molecule has 1 unspecified atom stereocenters. The van der Waals surface area contributed by atoms with Crippen LogP contribution in [0.25, 0.3) is 0 Å². The van der Waals surface area contributed by atoms with E-state index >= 15 is 0 Å². The molecule has 1 aliphatic rings. The molecule has 1 aromatic carbocycles. The van der Waals surface area contributed by atoms with Gasteiger partial charge in [0.1, 0.15) is 0 Å².